The molecule has 2 aromatic carbocycles. The Labute approximate surface area is 148 Å². The third-order valence-electron chi connectivity index (χ3n) is 3.18. The van der Waals surface area contributed by atoms with Crippen LogP contribution in [-0.2, 0) is 9.53 Å². The van der Waals surface area contributed by atoms with E-state index in [2.05, 4.69) is 5.32 Å². The summed E-state index contributed by atoms with van der Waals surface area (Å²) >= 11 is 0. The topological polar surface area (TPSA) is 73.9 Å². The van der Waals surface area contributed by atoms with Gasteiger partial charge in [0.25, 0.3) is 5.91 Å². The predicted octanol–water partition coefficient (Wildman–Crippen LogP) is 2.33. The zero-order chi connectivity index (χ0) is 18.9. The van der Waals surface area contributed by atoms with Crippen LogP contribution in [0.4, 0.5) is 8.78 Å². The molecule has 2 aromatic rings. The summed E-state index contributed by atoms with van der Waals surface area (Å²) in [5.41, 5.74) is -0.310. The number of nitrogens with one attached hydrogen (secondary N) is 1. The van der Waals surface area contributed by atoms with Gasteiger partial charge in [0, 0.05) is 6.07 Å². The Balaban J connectivity index is 1.71. The summed E-state index contributed by atoms with van der Waals surface area (Å²) < 4.78 is 41.4. The van der Waals surface area contributed by atoms with Crippen molar-refractivity contribution < 1.29 is 32.6 Å². The number of esters is 1. The van der Waals surface area contributed by atoms with E-state index >= 15 is 0 Å². The Kier molecular flexibility index (Phi) is 6.90. The first-order valence-corrected chi connectivity index (χ1v) is 7.65. The van der Waals surface area contributed by atoms with Crippen LogP contribution in [0.15, 0.2) is 42.5 Å². The maximum absolute atomic E-state index is 13.0. The van der Waals surface area contributed by atoms with Gasteiger partial charge in [0.1, 0.15) is 18.2 Å². The molecule has 0 bridgehead atoms. The molecule has 0 spiro atoms. The first-order valence-electron chi connectivity index (χ1n) is 7.65. The summed E-state index contributed by atoms with van der Waals surface area (Å²) in [4.78, 5) is 23.3. The van der Waals surface area contributed by atoms with E-state index < -0.39 is 30.1 Å². The Morgan fingerprint density at radius 2 is 1.69 bits per heavy atom. The number of amides is 1. The van der Waals surface area contributed by atoms with Gasteiger partial charge in [0.05, 0.1) is 19.2 Å². The summed E-state index contributed by atoms with van der Waals surface area (Å²) in [5, 5.41) is 2.49. The van der Waals surface area contributed by atoms with E-state index in [4.69, 9.17) is 14.2 Å². The van der Waals surface area contributed by atoms with Gasteiger partial charge in [-0.05, 0) is 24.3 Å². The van der Waals surface area contributed by atoms with Crippen molar-refractivity contribution in [2.45, 2.75) is 0 Å². The molecule has 0 aliphatic carbocycles. The maximum Gasteiger partial charge on any atom is 0.338 e. The molecule has 0 fully saturated rings. The number of carbonyl (C=O) groups excluding carboxylic acids is 2. The SMILES string of the molecule is COc1ccccc1OCCNC(=O)COC(=O)c1cc(F)cc(F)c1. The molecule has 0 radical (unpaired) electrons. The van der Waals surface area contributed by atoms with Crippen LogP contribution in [0.2, 0.25) is 0 Å². The van der Waals surface area contributed by atoms with Crippen LogP contribution in [0, 0.1) is 11.6 Å². The Morgan fingerprint density at radius 3 is 2.35 bits per heavy atom. The third-order valence-corrected chi connectivity index (χ3v) is 3.18. The van der Waals surface area contributed by atoms with Gasteiger partial charge in [-0.15, -0.1) is 0 Å². The summed E-state index contributed by atoms with van der Waals surface area (Å²) in [6.07, 6.45) is 0. The molecule has 0 aliphatic heterocycles. The van der Waals surface area contributed by atoms with E-state index in [-0.39, 0.29) is 18.7 Å². The fourth-order valence-electron chi connectivity index (χ4n) is 2.03. The molecular weight excluding hydrogens is 348 g/mol. The maximum atomic E-state index is 13.0. The molecule has 0 atom stereocenters. The molecule has 6 nitrogen and oxygen atoms in total. The lowest BCUT2D eigenvalue weighted by atomic mass is 10.2. The van der Waals surface area contributed by atoms with Crippen LogP contribution in [-0.4, -0.2) is 38.7 Å². The molecule has 2 rings (SSSR count). The molecule has 8 heteroatoms. The molecule has 0 aromatic heterocycles. The van der Waals surface area contributed by atoms with Gasteiger partial charge in [0.2, 0.25) is 0 Å². The number of hydrogen-bond donors (Lipinski definition) is 1. The van der Waals surface area contributed by atoms with Crippen molar-refractivity contribution in [1.82, 2.24) is 5.32 Å². The van der Waals surface area contributed by atoms with Crippen molar-refractivity contribution in [2.24, 2.45) is 0 Å². The van der Waals surface area contributed by atoms with E-state index in [9.17, 15) is 18.4 Å². The minimum atomic E-state index is -0.996. The first kappa shape index (κ1) is 19.2. The summed E-state index contributed by atoms with van der Waals surface area (Å²) in [6.45, 7) is -0.232. The van der Waals surface area contributed by atoms with E-state index in [0.29, 0.717) is 17.6 Å². The van der Waals surface area contributed by atoms with Gasteiger partial charge >= 0.3 is 5.97 Å². The van der Waals surface area contributed by atoms with Crippen molar-refractivity contribution in [3.05, 3.63) is 59.7 Å². The van der Waals surface area contributed by atoms with Crippen LogP contribution in [0.25, 0.3) is 0 Å². The summed E-state index contributed by atoms with van der Waals surface area (Å²) in [6, 6.07) is 9.32. The number of carbonyl (C=O) groups is 2. The van der Waals surface area contributed by atoms with Gasteiger partial charge in [0.15, 0.2) is 18.1 Å². The van der Waals surface area contributed by atoms with Gasteiger partial charge < -0.3 is 19.5 Å². The summed E-state index contributed by atoms with van der Waals surface area (Å²) in [7, 11) is 1.52. The van der Waals surface area contributed by atoms with Crippen molar-refractivity contribution in [3.8, 4) is 11.5 Å². The number of halogens is 2. The lowest BCUT2D eigenvalue weighted by Crippen LogP contribution is -2.32. The quantitative estimate of drug-likeness (QED) is 0.574. The molecule has 1 amide bonds. The minimum absolute atomic E-state index is 0.170. The Bertz CT molecular complexity index is 762. The second-order valence-corrected chi connectivity index (χ2v) is 5.08. The first-order chi connectivity index (χ1) is 12.5. The van der Waals surface area contributed by atoms with Crippen LogP contribution in [0.3, 0.4) is 0 Å². The lowest BCUT2D eigenvalue weighted by molar-refractivity contribution is -0.124. The van der Waals surface area contributed by atoms with Gasteiger partial charge in [-0.1, -0.05) is 12.1 Å². The standard InChI is InChI=1S/C18H17F2NO5/c1-24-15-4-2-3-5-16(15)25-7-6-21-17(22)11-26-18(23)12-8-13(19)10-14(20)9-12/h2-5,8-10H,6-7,11H2,1H3,(H,21,22). The minimum Gasteiger partial charge on any atom is -0.493 e. The zero-order valence-corrected chi connectivity index (χ0v) is 14.0. The molecule has 0 aliphatic rings. The number of methoxy groups -OCH3 is 1. The van der Waals surface area contributed by atoms with E-state index in [1.807, 2.05) is 0 Å². The number of ether oxygens (including phenoxy) is 3. The van der Waals surface area contributed by atoms with Crippen LogP contribution in [0.5, 0.6) is 11.5 Å². The van der Waals surface area contributed by atoms with Crippen LogP contribution in [0.1, 0.15) is 10.4 Å². The largest absolute Gasteiger partial charge is 0.493 e. The highest BCUT2D eigenvalue weighted by Gasteiger charge is 2.12. The molecule has 138 valence electrons. The molecule has 0 unspecified atom stereocenters. The highest BCUT2D eigenvalue weighted by molar-refractivity contribution is 5.91. The van der Waals surface area contributed by atoms with E-state index in [1.54, 1.807) is 24.3 Å². The van der Waals surface area contributed by atoms with Crippen LogP contribution < -0.4 is 14.8 Å². The third kappa shape index (κ3) is 5.73. The number of benzene rings is 2. The highest BCUT2D eigenvalue weighted by Crippen LogP contribution is 2.25. The van der Waals surface area contributed by atoms with Gasteiger partial charge in [-0.2, -0.15) is 0 Å². The molecule has 26 heavy (non-hydrogen) atoms. The lowest BCUT2D eigenvalue weighted by Gasteiger charge is -2.11. The number of hydrogen-bond acceptors (Lipinski definition) is 5. The fraction of sp³-hybridized carbons (Fsp3) is 0.222. The summed E-state index contributed by atoms with van der Waals surface area (Å²) in [5.74, 6) is -2.29. The fourth-order valence-corrected chi connectivity index (χ4v) is 2.03. The van der Waals surface area contributed by atoms with Crippen molar-refractivity contribution in [3.63, 3.8) is 0 Å². The highest BCUT2D eigenvalue weighted by atomic mass is 19.1. The predicted molar refractivity (Wildman–Crippen MR) is 88.1 cm³/mol. The van der Waals surface area contributed by atoms with Gasteiger partial charge in [-0.25, -0.2) is 13.6 Å². The Hall–Kier alpha value is -3.16. The second kappa shape index (κ2) is 9.36. The zero-order valence-electron chi connectivity index (χ0n) is 14.0. The normalized spacial score (nSPS) is 10.1. The van der Waals surface area contributed by atoms with E-state index in [0.717, 1.165) is 12.1 Å². The van der Waals surface area contributed by atoms with Crippen molar-refractivity contribution >= 4 is 11.9 Å². The smallest absolute Gasteiger partial charge is 0.338 e. The monoisotopic (exact) mass is 365 g/mol. The van der Waals surface area contributed by atoms with E-state index in [1.165, 1.54) is 7.11 Å². The average molecular weight is 365 g/mol. The number of rotatable bonds is 8. The molecule has 1 N–H and O–H groups in total. The van der Waals surface area contributed by atoms with Crippen molar-refractivity contribution in [1.29, 1.82) is 0 Å². The molecule has 0 saturated carbocycles. The van der Waals surface area contributed by atoms with Gasteiger partial charge in [-0.3, -0.25) is 4.79 Å². The van der Waals surface area contributed by atoms with Crippen LogP contribution >= 0.6 is 0 Å². The average Bonchev–Trinajstić information content (AvgIpc) is 2.62. The molecule has 0 saturated heterocycles. The molecular formula is C18H17F2NO5. The van der Waals surface area contributed by atoms with Crippen molar-refractivity contribution in [2.75, 3.05) is 26.9 Å². The molecule has 0 heterocycles. The number of para-hydroxylation sites is 2. The Morgan fingerprint density at radius 1 is 1.04 bits per heavy atom. The second-order valence-electron chi connectivity index (χ2n) is 5.08.